The first-order valence-electron chi connectivity index (χ1n) is 11.0. The molecule has 0 atom stereocenters. The first-order chi connectivity index (χ1) is 13.2. The summed E-state index contributed by atoms with van der Waals surface area (Å²) in [6.07, 6.45) is 0. The van der Waals surface area contributed by atoms with Gasteiger partial charge in [-0.2, -0.15) is 0 Å². The van der Waals surface area contributed by atoms with Gasteiger partial charge in [-0.25, -0.2) is 0 Å². The molecule has 0 fully saturated rings. The highest BCUT2D eigenvalue weighted by Crippen LogP contribution is 2.33. The van der Waals surface area contributed by atoms with Crippen LogP contribution in [0.5, 0.6) is 0 Å². The molecule has 2 aromatic rings. The van der Waals surface area contributed by atoms with E-state index in [0.717, 1.165) is 13.1 Å². The average Bonchev–Trinajstić information content (AvgIpc) is 2.64. The molecule has 2 rings (SSSR count). The minimum Gasteiger partial charge on any atom is -0.383 e. The Balaban J connectivity index is 2.16. The number of hydrogen-bond donors (Lipinski definition) is 2. The molecule has 2 aromatic carbocycles. The van der Waals surface area contributed by atoms with Gasteiger partial charge in [-0.3, -0.25) is 0 Å². The third-order valence-electron chi connectivity index (χ3n) is 5.47. The molecule has 0 amide bonds. The Hall–Kier alpha value is -1.96. The van der Waals surface area contributed by atoms with Crippen molar-refractivity contribution in [2.24, 2.45) is 0 Å². The van der Waals surface area contributed by atoms with Crippen molar-refractivity contribution in [1.82, 2.24) is 0 Å². The third-order valence-corrected chi connectivity index (χ3v) is 5.47. The quantitative estimate of drug-likeness (QED) is 0.435. The van der Waals surface area contributed by atoms with Crippen LogP contribution in [0.3, 0.4) is 0 Å². The van der Waals surface area contributed by atoms with E-state index in [1.54, 1.807) is 0 Å². The van der Waals surface area contributed by atoms with Crippen LogP contribution >= 0.6 is 0 Å². The molecule has 2 heteroatoms. The summed E-state index contributed by atoms with van der Waals surface area (Å²) in [4.78, 5) is 0. The molecule has 0 aliphatic heterocycles. The fraction of sp³-hybridized carbons (Fsp3) is 0.538. The minimum atomic E-state index is 0.517. The summed E-state index contributed by atoms with van der Waals surface area (Å²) < 4.78 is 0. The van der Waals surface area contributed by atoms with Crippen molar-refractivity contribution in [3.8, 4) is 0 Å². The molecule has 28 heavy (non-hydrogen) atoms. The van der Waals surface area contributed by atoms with Gasteiger partial charge < -0.3 is 10.6 Å². The van der Waals surface area contributed by atoms with Gasteiger partial charge in [0.25, 0.3) is 0 Å². The Morgan fingerprint density at radius 2 is 0.750 bits per heavy atom. The summed E-state index contributed by atoms with van der Waals surface area (Å²) in [6.45, 7) is 20.0. The fourth-order valence-electron chi connectivity index (χ4n) is 3.89. The van der Waals surface area contributed by atoms with Crippen molar-refractivity contribution < 1.29 is 0 Å². The molecule has 0 saturated heterocycles. The Kier molecular flexibility index (Phi) is 7.98. The van der Waals surface area contributed by atoms with Gasteiger partial charge in [-0.1, -0.05) is 91.8 Å². The highest BCUT2D eigenvalue weighted by molar-refractivity contribution is 5.62. The van der Waals surface area contributed by atoms with Crippen molar-refractivity contribution in [3.05, 3.63) is 58.7 Å². The van der Waals surface area contributed by atoms with E-state index in [1.807, 2.05) is 0 Å². The molecular formula is C26H40N2. The van der Waals surface area contributed by atoms with E-state index in [2.05, 4.69) is 102 Å². The Labute approximate surface area is 173 Å². The predicted molar refractivity (Wildman–Crippen MR) is 126 cm³/mol. The first-order valence-corrected chi connectivity index (χ1v) is 11.0. The van der Waals surface area contributed by atoms with E-state index in [9.17, 15) is 0 Å². The van der Waals surface area contributed by atoms with Gasteiger partial charge in [0.2, 0.25) is 0 Å². The second-order valence-corrected chi connectivity index (χ2v) is 9.10. The van der Waals surface area contributed by atoms with E-state index in [-0.39, 0.29) is 0 Å². The predicted octanol–water partition coefficient (Wildman–Crippen LogP) is 7.70. The second kappa shape index (κ2) is 10.0. The molecule has 0 aliphatic carbocycles. The molecule has 2 N–H and O–H groups in total. The molecule has 0 aliphatic rings. The van der Waals surface area contributed by atoms with E-state index >= 15 is 0 Å². The number of para-hydroxylation sites is 2. The van der Waals surface area contributed by atoms with Crippen LogP contribution in [0.15, 0.2) is 36.4 Å². The van der Waals surface area contributed by atoms with Crippen LogP contribution in [0, 0.1) is 0 Å². The second-order valence-electron chi connectivity index (χ2n) is 9.10. The van der Waals surface area contributed by atoms with Crippen LogP contribution in [0.4, 0.5) is 11.4 Å². The number of anilines is 2. The lowest BCUT2D eigenvalue weighted by molar-refractivity contribution is 0.827. The van der Waals surface area contributed by atoms with Crippen molar-refractivity contribution in [3.63, 3.8) is 0 Å². The van der Waals surface area contributed by atoms with Crippen LogP contribution in [0.2, 0.25) is 0 Å². The maximum atomic E-state index is 3.75. The summed E-state index contributed by atoms with van der Waals surface area (Å²) in [7, 11) is 0. The maximum absolute atomic E-state index is 3.75. The molecule has 2 nitrogen and oxygen atoms in total. The van der Waals surface area contributed by atoms with Gasteiger partial charge in [-0.05, 0) is 45.9 Å². The smallest absolute Gasteiger partial charge is 0.0411 e. The zero-order chi connectivity index (χ0) is 20.8. The summed E-state index contributed by atoms with van der Waals surface area (Å²) in [6, 6.07) is 13.4. The lowest BCUT2D eigenvalue weighted by atomic mass is 9.92. The summed E-state index contributed by atoms with van der Waals surface area (Å²) in [5, 5.41) is 7.50. The molecule has 0 bridgehead atoms. The molecule has 0 unspecified atom stereocenters. The normalized spacial score (nSPS) is 11.7. The van der Waals surface area contributed by atoms with Crippen molar-refractivity contribution >= 4 is 11.4 Å². The average molecular weight is 381 g/mol. The van der Waals surface area contributed by atoms with Crippen LogP contribution in [-0.2, 0) is 0 Å². The summed E-state index contributed by atoms with van der Waals surface area (Å²) in [5.41, 5.74) is 8.31. The van der Waals surface area contributed by atoms with Crippen molar-refractivity contribution in [2.75, 3.05) is 23.7 Å². The van der Waals surface area contributed by atoms with Gasteiger partial charge in [0.05, 0.1) is 0 Å². The van der Waals surface area contributed by atoms with Gasteiger partial charge in [-0.15, -0.1) is 0 Å². The standard InChI is InChI=1S/C26H40N2/c1-17(2)21-11-9-12-22(18(3)4)25(21)27-15-16-28-26-23(19(5)6)13-10-14-24(26)20(7)8/h9-14,17-20,27-28H,15-16H2,1-8H3. The molecule has 0 saturated carbocycles. The fourth-order valence-corrected chi connectivity index (χ4v) is 3.89. The van der Waals surface area contributed by atoms with Crippen molar-refractivity contribution in [1.29, 1.82) is 0 Å². The third kappa shape index (κ3) is 5.31. The SMILES string of the molecule is CC(C)c1cccc(C(C)C)c1NCCNc1c(C(C)C)cccc1C(C)C. The molecule has 154 valence electrons. The number of nitrogens with one attached hydrogen (secondary N) is 2. The van der Waals surface area contributed by atoms with Gasteiger partial charge in [0.1, 0.15) is 0 Å². The summed E-state index contributed by atoms with van der Waals surface area (Å²) >= 11 is 0. The molecular weight excluding hydrogens is 340 g/mol. The minimum absolute atomic E-state index is 0.517. The lowest BCUT2D eigenvalue weighted by Crippen LogP contribution is -2.18. The highest BCUT2D eigenvalue weighted by Gasteiger charge is 2.15. The van der Waals surface area contributed by atoms with Gasteiger partial charge in [0.15, 0.2) is 0 Å². The van der Waals surface area contributed by atoms with Crippen LogP contribution in [0.1, 0.15) is 101 Å². The van der Waals surface area contributed by atoms with Crippen LogP contribution < -0.4 is 10.6 Å². The highest BCUT2D eigenvalue weighted by atomic mass is 15.0. The zero-order valence-corrected chi connectivity index (χ0v) is 19.2. The Morgan fingerprint density at radius 3 is 0.964 bits per heavy atom. The number of rotatable bonds is 9. The number of benzene rings is 2. The monoisotopic (exact) mass is 380 g/mol. The molecule has 0 spiro atoms. The van der Waals surface area contributed by atoms with E-state index in [0.29, 0.717) is 23.7 Å². The summed E-state index contributed by atoms with van der Waals surface area (Å²) in [5.74, 6) is 2.07. The molecule has 0 radical (unpaired) electrons. The van der Waals surface area contributed by atoms with E-state index in [4.69, 9.17) is 0 Å². The Bertz CT molecular complexity index is 639. The Morgan fingerprint density at radius 1 is 0.500 bits per heavy atom. The first kappa shape index (κ1) is 22.3. The largest absolute Gasteiger partial charge is 0.383 e. The van der Waals surface area contributed by atoms with Crippen molar-refractivity contribution in [2.45, 2.75) is 79.1 Å². The molecule has 0 heterocycles. The molecule has 0 aromatic heterocycles. The van der Waals surface area contributed by atoms with Crippen LogP contribution in [0.25, 0.3) is 0 Å². The maximum Gasteiger partial charge on any atom is 0.0411 e. The number of hydrogen-bond acceptors (Lipinski definition) is 2. The van der Waals surface area contributed by atoms with E-state index in [1.165, 1.54) is 33.6 Å². The van der Waals surface area contributed by atoms with Gasteiger partial charge in [0, 0.05) is 24.5 Å². The zero-order valence-electron chi connectivity index (χ0n) is 19.2. The topological polar surface area (TPSA) is 24.1 Å². The van der Waals surface area contributed by atoms with Crippen LogP contribution in [-0.4, -0.2) is 13.1 Å². The lowest BCUT2D eigenvalue weighted by Gasteiger charge is -2.23. The van der Waals surface area contributed by atoms with E-state index < -0.39 is 0 Å². The van der Waals surface area contributed by atoms with Gasteiger partial charge >= 0.3 is 0 Å².